The molecular formula is C14H19N3O. The van der Waals surface area contributed by atoms with Gasteiger partial charge in [-0.3, -0.25) is 0 Å². The zero-order valence-corrected chi connectivity index (χ0v) is 11.3. The van der Waals surface area contributed by atoms with E-state index in [1.165, 1.54) is 5.56 Å². The van der Waals surface area contributed by atoms with Gasteiger partial charge in [0.15, 0.2) is 0 Å². The van der Waals surface area contributed by atoms with E-state index in [9.17, 15) is 0 Å². The van der Waals surface area contributed by atoms with Gasteiger partial charge in [-0.2, -0.15) is 0 Å². The summed E-state index contributed by atoms with van der Waals surface area (Å²) >= 11 is 0. The van der Waals surface area contributed by atoms with Crippen molar-refractivity contribution in [2.45, 2.75) is 20.3 Å². The van der Waals surface area contributed by atoms with Crippen molar-refractivity contribution in [2.24, 2.45) is 0 Å². The standard InChI is InChI=1S/C14H19N3O/c1-5-10-6-7-12(18-4)11(8-10)13-9(2)16-14(15-3)17-13/h6-8H,5H2,1-4H3,(H2,15,16,17). The van der Waals surface area contributed by atoms with Crippen LogP contribution in [0.25, 0.3) is 11.3 Å². The number of aromatic nitrogens is 2. The molecule has 0 aliphatic heterocycles. The van der Waals surface area contributed by atoms with Crippen LogP contribution in [-0.4, -0.2) is 24.1 Å². The van der Waals surface area contributed by atoms with Gasteiger partial charge in [-0.05, 0) is 31.0 Å². The molecule has 4 nitrogen and oxygen atoms in total. The Bertz CT molecular complexity index is 546. The maximum absolute atomic E-state index is 5.42. The van der Waals surface area contributed by atoms with Crippen LogP contribution in [0.1, 0.15) is 18.2 Å². The number of aryl methyl sites for hydroxylation is 2. The maximum Gasteiger partial charge on any atom is 0.200 e. The molecule has 1 heterocycles. The molecule has 1 aromatic heterocycles. The van der Waals surface area contributed by atoms with E-state index in [0.29, 0.717) is 0 Å². The molecule has 0 bridgehead atoms. The first kappa shape index (κ1) is 12.5. The second-order valence-corrected chi connectivity index (χ2v) is 4.20. The van der Waals surface area contributed by atoms with Crippen molar-refractivity contribution in [1.82, 2.24) is 9.97 Å². The fourth-order valence-corrected chi connectivity index (χ4v) is 2.00. The van der Waals surface area contributed by atoms with E-state index in [4.69, 9.17) is 4.74 Å². The number of ether oxygens (including phenoxy) is 1. The van der Waals surface area contributed by atoms with E-state index in [2.05, 4.69) is 34.3 Å². The van der Waals surface area contributed by atoms with Crippen LogP contribution < -0.4 is 10.1 Å². The predicted molar refractivity (Wildman–Crippen MR) is 74.2 cm³/mol. The third-order valence-corrected chi connectivity index (χ3v) is 3.05. The largest absolute Gasteiger partial charge is 0.496 e. The molecule has 4 heteroatoms. The number of benzene rings is 1. The van der Waals surface area contributed by atoms with Crippen molar-refractivity contribution in [3.8, 4) is 17.0 Å². The lowest BCUT2D eigenvalue weighted by atomic mass is 10.0. The molecule has 0 atom stereocenters. The van der Waals surface area contributed by atoms with Crippen LogP contribution in [0.15, 0.2) is 18.2 Å². The van der Waals surface area contributed by atoms with Gasteiger partial charge in [0.1, 0.15) is 5.75 Å². The summed E-state index contributed by atoms with van der Waals surface area (Å²) in [6.45, 7) is 4.16. The highest BCUT2D eigenvalue weighted by atomic mass is 16.5. The van der Waals surface area contributed by atoms with Gasteiger partial charge >= 0.3 is 0 Å². The molecule has 2 rings (SSSR count). The molecule has 0 aliphatic rings. The number of methoxy groups -OCH3 is 1. The molecule has 2 aromatic rings. The Morgan fingerprint density at radius 3 is 2.72 bits per heavy atom. The van der Waals surface area contributed by atoms with Crippen molar-refractivity contribution >= 4 is 5.95 Å². The summed E-state index contributed by atoms with van der Waals surface area (Å²) in [5.74, 6) is 1.62. The van der Waals surface area contributed by atoms with E-state index in [0.717, 1.165) is 35.1 Å². The molecule has 0 unspecified atom stereocenters. The molecule has 1 aromatic carbocycles. The van der Waals surface area contributed by atoms with Gasteiger partial charge in [0.05, 0.1) is 12.8 Å². The molecule has 96 valence electrons. The molecule has 0 amide bonds. The highest BCUT2D eigenvalue weighted by molar-refractivity contribution is 5.71. The summed E-state index contributed by atoms with van der Waals surface area (Å²) in [5.41, 5.74) is 4.28. The first-order valence-electron chi connectivity index (χ1n) is 6.11. The van der Waals surface area contributed by atoms with E-state index in [1.807, 2.05) is 20.0 Å². The molecular weight excluding hydrogens is 226 g/mol. The van der Waals surface area contributed by atoms with Crippen LogP contribution in [-0.2, 0) is 6.42 Å². The number of nitrogens with one attached hydrogen (secondary N) is 2. The molecule has 18 heavy (non-hydrogen) atoms. The quantitative estimate of drug-likeness (QED) is 0.870. The molecule has 0 spiro atoms. The van der Waals surface area contributed by atoms with Crippen molar-refractivity contribution in [3.05, 3.63) is 29.5 Å². The van der Waals surface area contributed by atoms with Gasteiger partial charge < -0.3 is 15.0 Å². The second-order valence-electron chi connectivity index (χ2n) is 4.20. The number of aromatic amines is 1. The van der Waals surface area contributed by atoms with Crippen LogP contribution in [0.4, 0.5) is 5.95 Å². The van der Waals surface area contributed by atoms with E-state index in [1.54, 1.807) is 7.11 Å². The lowest BCUT2D eigenvalue weighted by molar-refractivity contribution is 0.416. The van der Waals surface area contributed by atoms with Gasteiger partial charge in [0, 0.05) is 18.3 Å². The molecule has 0 fully saturated rings. The maximum atomic E-state index is 5.42. The third-order valence-electron chi connectivity index (χ3n) is 3.05. The van der Waals surface area contributed by atoms with Gasteiger partial charge in [0.2, 0.25) is 5.95 Å². The minimum Gasteiger partial charge on any atom is -0.496 e. The van der Waals surface area contributed by atoms with Gasteiger partial charge in [-0.15, -0.1) is 0 Å². The van der Waals surface area contributed by atoms with E-state index in [-0.39, 0.29) is 0 Å². The minimum atomic E-state index is 0.770. The zero-order chi connectivity index (χ0) is 13.1. The van der Waals surface area contributed by atoms with E-state index >= 15 is 0 Å². The van der Waals surface area contributed by atoms with Gasteiger partial charge in [0.25, 0.3) is 0 Å². The molecule has 0 saturated heterocycles. The third kappa shape index (κ3) is 2.18. The summed E-state index contributed by atoms with van der Waals surface area (Å²) in [6, 6.07) is 6.23. The first-order chi connectivity index (χ1) is 8.69. The van der Waals surface area contributed by atoms with Crippen LogP contribution in [0, 0.1) is 6.92 Å². The fraction of sp³-hybridized carbons (Fsp3) is 0.357. The molecule has 0 radical (unpaired) electrons. The number of anilines is 1. The van der Waals surface area contributed by atoms with Crippen LogP contribution in [0.2, 0.25) is 0 Å². The number of rotatable bonds is 4. The Hall–Kier alpha value is -1.97. The first-order valence-corrected chi connectivity index (χ1v) is 6.11. The summed E-state index contributed by atoms with van der Waals surface area (Å²) in [7, 11) is 3.53. The predicted octanol–water partition coefficient (Wildman–Crippen LogP) is 3.00. The Morgan fingerprint density at radius 2 is 2.17 bits per heavy atom. The minimum absolute atomic E-state index is 0.770. The number of hydrogen-bond acceptors (Lipinski definition) is 3. The van der Waals surface area contributed by atoms with Crippen molar-refractivity contribution in [2.75, 3.05) is 19.5 Å². The van der Waals surface area contributed by atoms with E-state index < -0.39 is 0 Å². The molecule has 2 N–H and O–H groups in total. The van der Waals surface area contributed by atoms with Gasteiger partial charge in [-0.25, -0.2) is 4.98 Å². The average Bonchev–Trinajstić information content (AvgIpc) is 2.79. The van der Waals surface area contributed by atoms with Crippen molar-refractivity contribution in [3.63, 3.8) is 0 Å². The number of nitrogens with zero attached hydrogens (tertiary/aromatic N) is 1. The fourth-order valence-electron chi connectivity index (χ4n) is 2.00. The number of H-pyrrole nitrogens is 1. The highest BCUT2D eigenvalue weighted by Crippen LogP contribution is 2.32. The molecule has 0 saturated carbocycles. The Kier molecular flexibility index (Phi) is 3.55. The zero-order valence-electron chi connectivity index (χ0n) is 11.3. The smallest absolute Gasteiger partial charge is 0.200 e. The van der Waals surface area contributed by atoms with Gasteiger partial charge in [-0.1, -0.05) is 13.0 Å². The number of hydrogen-bond donors (Lipinski definition) is 2. The SMILES string of the molecule is CCc1ccc(OC)c(-c2nc(NC)[nH]c2C)c1. The average molecular weight is 245 g/mol. The van der Waals surface area contributed by atoms with Crippen LogP contribution in [0.5, 0.6) is 5.75 Å². The normalized spacial score (nSPS) is 10.4. The second kappa shape index (κ2) is 5.12. The Labute approximate surface area is 107 Å². The van der Waals surface area contributed by atoms with Crippen LogP contribution >= 0.6 is 0 Å². The van der Waals surface area contributed by atoms with Crippen molar-refractivity contribution in [1.29, 1.82) is 0 Å². The topological polar surface area (TPSA) is 49.9 Å². The molecule has 0 aliphatic carbocycles. The lowest BCUT2D eigenvalue weighted by Crippen LogP contribution is -1.92. The monoisotopic (exact) mass is 245 g/mol. The highest BCUT2D eigenvalue weighted by Gasteiger charge is 2.13. The number of imidazole rings is 1. The summed E-state index contributed by atoms with van der Waals surface area (Å²) in [6.07, 6.45) is 0.999. The Balaban J connectivity index is 2.56. The van der Waals surface area contributed by atoms with Crippen molar-refractivity contribution < 1.29 is 4.74 Å². The van der Waals surface area contributed by atoms with Crippen LogP contribution in [0.3, 0.4) is 0 Å². The summed E-state index contributed by atoms with van der Waals surface area (Å²) < 4.78 is 5.42. The lowest BCUT2D eigenvalue weighted by Gasteiger charge is -2.09. The summed E-state index contributed by atoms with van der Waals surface area (Å²) in [4.78, 5) is 7.74. The Morgan fingerprint density at radius 1 is 1.39 bits per heavy atom. The summed E-state index contributed by atoms with van der Waals surface area (Å²) in [5, 5.41) is 3.02.